The molecular weight excluding hydrogens is 136 g/mol. The smallest absolute Gasteiger partial charge is 0.104 e. The van der Waals surface area contributed by atoms with E-state index < -0.39 is 0 Å². The molecule has 0 saturated heterocycles. The second-order valence-electron chi connectivity index (χ2n) is 2.65. The fourth-order valence-corrected chi connectivity index (χ4v) is 1.53. The summed E-state index contributed by atoms with van der Waals surface area (Å²) in [7, 11) is 0. The molecule has 0 aromatic carbocycles. The fraction of sp³-hybridized carbons (Fsp3) is 0.600. The highest BCUT2D eigenvalue weighted by molar-refractivity contribution is 5.31. The first kappa shape index (κ1) is 8.38. The Labute approximate surface area is 68.4 Å². The molecule has 0 aliphatic heterocycles. The number of hydrogen-bond acceptors (Lipinski definition) is 1. The number of aryl methyl sites for hydroxylation is 2. The van der Waals surface area contributed by atoms with Gasteiger partial charge in [0.15, 0.2) is 0 Å². The van der Waals surface area contributed by atoms with Gasteiger partial charge in [0.1, 0.15) is 5.76 Å². The maximum atomic E-state index is 5.24. The zero-order chi connectivity index (χ0) is 8.27. The molecule has 0 fully saturated rings. The fourth-order valence-electron chi connectivity index (χ4n) is 1.53. The molecule has 1 aliphatic carbocycles. The molecule has 0 radical (unpaired) electrons. The molecule has 0 unspecified atom stereocenters. The summed E-state index contributed by atoms with van der Waals surface area (Å²) in [5, 5.41) is 0. The Bertz CT molecular complexity index is 223. The van der Waals surface area contributed by atoms with E-state index in [1.54, 1.807) is 0 Å². The van der Waals surface area contributed by atoms with Crippen LogP contribution >= 0.6 is 0 Å². The van der Waals surface area contributed by atoms with Crippen LogP contribution in [0.3, 0.4) is 0 Å². The van der Waals surface area contributed by atoms with Crippen LogP contribution < -0.4 is 0 Å². The molecule has 1 heteroatoms. The molecule has 1 aliphatic rings. The molecule has 11 heavy (non-hydrogen) atoms. The number of hydrogen-bond donors (Lipinski definition) is 0. The van der Waals surface area contributed by atoms with E-state index in [-0.39, 0.29) is 0 Å². The second kappa shape index (κ2) is 3.61. The van der Waals surface area contributed by atoms with Crippen molar-refractivity contribution in [1.82, 2.24) is 0 Å². The lowest BCUT2D eigenvalue weighted by molar-refractivity contribution is 0.523. The minimum Gasteiger partial charge on any atom is -0.469 e. The Morgan fingerprint density at radius 3 is 2.64 bits per heavy atom. The molecule has 1 heterocycles. The summed E-state index contributed by atoms with van der Waals surface area (Å²) in [4.78, 5) is 0. The molecule has 1 aromatic heterocycles. The maximum Gasteiger partial charge on any atom is 0.104 e. The van der Waals surface area contributed by atoms with Crippen molar-refractivity contribution < 1.29 is 4.42 Å². The van der Waals surface area contributed by atoms with Crippen LogP contribution in [0.25, 0.3) is 0 Å². The van der Waals surface area contributed by atoms with Crippen molar-refractivity contribution in [2.45, 2.75) is 40.0 Å². The molecule has 0 saturated carbocycles. The molecular formula is C10H16O. The van der Waals surface area contributed by atoms with Crippen LogP contribution in [0.15, 0.2) is 10.7 Å². The standard InChI is InChI=1S/C8H10O.C2H6/c1-6-8-4-2-3-7(8)5-9-6;1-2/h5H,2-4H2,1H3;1-2H3. The predicted molar refractivity (Wildman–Crippen MR) is 46.8 cm³/mol. The van der Waals surface area contributed by atoms with Crippen molar-refractivity contribution in [2.24, 2.45) is 0 Å². The third-order valence-corrected chi connectivity index (χ3v) is 2.06. The van der Waals surface area contributed by atoms with Gasteiger partial charge in [-0.25, -0.2) is 0 Å². The van der Waals surface area contributed by atoms with E-state index in [0.29, 0.717) is 0 Å². The summed E-state index contributed by atoms with van der Waals surface area (Å²) in [6.07, 6.45) is 5.68. The van der Waals surface area contributed by atoms with Crippen LogP contribution in [0, 0.1) is 6.92 Å². The third-order valence-electron chi connectivity index (χ3n) is 2.06. The van der Waals surface area contributed by atoms with Gasteiger partial charge in [0, 0.05) is 0 Å². The van der Waals surface area contributed by atoms with Crippen LogP contribution in [0.4, 0.5) is 0 Å². The average Bonchev–Trinajstić information content (AvgIpc) is 2.60. The van der Waals surface area contributed by atoms with E-state index in [1.807, 2.05) is 27.0 Å². The van der Waals surface area contributed by atoms with Gasteiger partial charge in [-0.05, 0) is 37.3 Å². The van der Waals surface area contributed by atoms with Crippen molar-refractivity contribution in [1.29, 1.82) is 0 Å². The summed E-state index contributed by atoms with van der Waals surface area (Å²) in [6.45, 7) is 6.05. The molecule has 0 N–H and O–H groups in total. The van der Waals surface area contributed by atoms with Crippen LogP contribution in [-0.2, 0) is 12.8 Å². The second-order valence-corrected chi connectivity index (χ2v) is 2.65. The minimum absolute atomic E-state index is 1.13. The van der Waals surface area contributed by atoms with Gasteiger partial charge < -0.3 is 4.42 Å². The molecule has 2 rings (SSSR count). The lowest BCUT2D eigenvalue weighted by Gasteiger charge is -1.86. The molecule has 1 aromatic rings. The molecule has 0 spiro atoms. The SMILES string of the molecule is CC.Cc1occ2c1CCC2. The molecule has 0 amide bonds. The Balaban J connectivity index is 0.000000281. The Morgan fingerprint density at radius 1 is 1.27 bits per heavy atom. The first-order valence-electron chi connectivity index (χ1n) is 4.44. The highest BCUT2D eigenvalue weighted by atomic mass is 16.3. The van der Waals surface area contributed by atoms with Gasteiger partial charge in [-0.3, -0.25) is 0 Å². The normalized spacial score (nSPS) is 13.7. The average molecular weight is 152 g/mol. The number of furan rings is 1. The first-order valence-corrected chi connectivity index (χ1v) is 4.44. The zero-order valence-electron chi connectivity index (χ0n) is 7.61. The van der Waals surface area contributed by atoms with Gasteiger partial charge in [0.05, 0.1) is 6.26 Å². The predicted octanol–water partition coefficient (Wildman–Crippen LogP) is 3.10. The molecule has 0 bridgehead atoms. The highest BCUT2D eigenvalue weighted by Gasteiger charge is 2.15. The van der Waals surface area contributed by atoms with E-state index in [9.17, 15) is 0 Å². The number of fused-ring (bicyclic) bond motifs is 1. The summed E-state index contributed by atoms with van der Waals surface area (Å²) in [6, 6.07) is 0. The minimum atomic E-state index is 1.13. The van der Waals surface area contributed by atoms with Crippen molar-refractivity contribution in [3.05, 3.63) is 23.2 Å². The summed E-state index contributed by atoms with van der Waals surface area (Å²) in [5.74, 6) is 1.13. The van der Waals surface area contributed by atoms with Gasteiger partial charge in [-0.15, -0.1) is 0 Å². The lowest BCUT2D eigenvalue weighted by atomic mass is 10.2. The Morgan fingerprint density at radius 2 is 2.00 bits per heavy atom. The van der Waals surface area contributed by atoms with Crippen molar-refractivity contribution >= 4 is 0 Å². The van der Waals surface area contributed by atoms with Gasteiger partial charge in [-0.2, -0.15) is 0 Å². The van der Waals surface area contributed by atoms with E-state index >= 15 is 0 Å². The van der Waals surface area contributed by atoms with E-state index in [1.165, 1.54) is 30.4 Å². The molecule has 0 atom stereocenters. The highest BCUT2D eigenvalue weighted by Crippen LogP contribution is 2.25. The Hall–Kier alpha value is -0.720. The summed E-state index contributed by atoms with van der Waals surface area (Å²) < 4.78 is 5.24. The van der Waals surface area contributed by atoms with Crippen molar-refractivity contribution in [3.63, 3.8) is 0 Å². The quantitative estimate of drug-likeness (QED) is 0.556. The monoisotopic (exact) mass is 152 g/mol. The molecule has 1 nitrogen and oxygen atoms in total. The topological polar surface area (TPSA) is 13.1 Å². The largest absolute Gasteiger partial charge is 0.469 e. The van der Waals surface area contributed by atoms with Gasteiger partial charge in [-0.1, -0.05) is 13.8 Å². The van der Waals surface area contributed by atoms with Gasteiger partial charge in [0.2, 0.25) is 0 Å². The van der Waals surface area contributed by atoms with E-state index in [4.69, 9.17) is 4.42 Å². The van der Waals surface area contributed by atoms with Crippen LogP contribution in [0.2, 0.25) is 0 Å². The van der Waals surface area contributed by atoms with Crippen molar-refractivity contribution in [3.8, 4) is 0 Å². The molecule has 62 valence electrons. The van der Waals surface area contributed by atoms with E-state index in [0.717, 1.165) is 5.76 Å². The zero-order valence-corrected chi connectivity index (χ0v) is 7.61. The van der Waals surface area contributed by atoms with Crippen LogP contribution in [0.1, 0.15) is 37.2 Å². The maximum absolute atomic E-state index is 5.24. The van der Waals surface area contributed by atoms with Crippen LogP contribution in [-0.4, -0.2) is 0 Å². The van der Waals surface area contributed by atoms with Crippen LogP contribution in [0.5, 0.6) is 0 Å². The first-order chi connectivity index (χ1) is 5.38. The summed E-state index contributed by atoms with van der Waals surface area (Å²) >= 11 is 0. The Kier molecular flexibility index (Phi) is 2.75. The van der Waals surface area contributed by atoms with Gasteiger partial charge in [0.25, 0.3) is 0 Å². The van der Waals surface area contributed by atoms with Crippen molar-refractivity contribution in [2.75, 3.05) is 0 Å². The lowest BCUT2D eigenvalue weighted by Crippen LogP contribution is -1.75. The number of rotatable bonds is 0. The third kappa shape index (κ3) is 1.47. The van der Waals surface area contributed by atoms with Gasteiger partial charge >= 0.3 is 0 Å². The van der Waals surface area contributed by atoms with E-state index in [2.05, 4.69) is 0 Å². The summed E-state index contributed by atoms with van der Waals surface area (Å²) in [5.41, 5.74) is 2.91.